The van der Waals surface area contributed by atoms with Gasteiger partial charge in [0.15, 0.2) is 0 Å². The molecule has 0 fully saturated rings. The molecule has 0 atom stereocenters. The van der Waals surface area contributed by atoms with Crippen molar-refractivity contribution in [2.45, 2.75) is 4.90 Å². The molecule has 13 heavy (non-hydrogen) atoms. The molecule has 0 unspecified atom stereocenters. The van der Waals surface area contributed by atoms with Crippen molar-refractivity contribution in [3.8, 4) is 0 Å². The van der Waals surface area contributed by atoms with Crippen LogP contribution in [0.15, 0.2) is 34.3 Å². The van der Waals surface area contributed by atoms with Gasteiger partial charge >= 0.3 is 0 Å². The SMILES string of the molecule is CN1N=Cc2ccccc2S1(=O)=O. The van der Waals surface area contributed by atoms with Gasteiger partial charge in [0.2, 0.25) is 0 Å². The molecule has 0 spiro atoms. The predicted octanol–water partition coefficient (Wildman–Crippen LogP) is 0.655. The highest BCUT2D eigenvalue weighted by molar-refractivity contribution is 7.89. The van der Waals surface area contributed by atoms with Crippen LogP contribution >= 0.6 is 0 Å². The number of benzene rings is 1. The quantitative estimate of drug-likeness (QED) is 0.612. The molecule has 0 saturated heterocycles. The molecule has 0 N–H and O–H groups in total. The standard InChI is InChI=1S/C8H8N2O2S/c1-10-9-6-7-4-2-3-5-8(7)13(10,11)12/h2-6H,1H3. The van der Waals surface area contributed by atoms with Crippen LogP contribution < -0.4 is 0 Å². The third-order valence-corrected chi connectivity index (χ3v) is 3.62. The molecule has 5 heteroatoms. The van der Waals surface area contributed by atoms with Crippen LogP contribution in [0.5, 0.6) is 0 Å². The Morgan fingerprint density at radius 1 is 1.31 bits per heavy atom. The fourth-order valence-electron chi connectivity index (χ4n) is 1.17. The van der Waals surface area contributed by atoms with Gasteiger partial charge in [-0.15, -0.1) is 0 Å². The van der Waals surface area contributed by atoms with E-state index in [0.29, 0.717) is 10.5 Å². The first-order valence-corrected chi connectivity index (χ1v) is 5.18. The zero-order valence-corrected chi connectivity index (χ0v) is 7.82. The lowest BCUT2D eigenvalue weighted by atomic mass is 10.2. The average molecular weight is 196 g/mol. The van der Waals surface area contributed by atoms with Gasteiger partial charge in [0.05, 0.1) is 11.1 Å². The molecule has 2 rings (SSSR count). The van der Waals surface area contributed by atoms with Gasteiger partial charge in [-0.05, 0) is 6.07 Å². The van der Waals surface area contributed by atoms with Crippen molar-refractivity contribution in [2.75, 3.05) is 7.05 Å². The molecular weight excluding hydrogens is 188 g/mol. The second-order valence-electron chi connectivity index (χ2n) is 2.72. The van der Waals surface area contributed by atoms with Crippen molar-refractivity contribution >= 4 is 16.2 Å². The minimum absolute atomic E-state index is 0.313. The van der Waals surface area contributed by atoms with Crippen LogP contribution in [0.4, 0.5) is 0 Å². The van der Waals surface area contributed by atoms with Gasteiger partial charge in [-0.1, -0.05) is 18.2 Å². The number of hydrogen-bond acceptors (Lipinski definition) is 3. The Hall–Kier alpha value is -1.36. The summed E-state index contributed by atoms with van der Waals surface area (Å²) in [6.45, 7) is 0. The van der Waals surface area contributed by atoms with Crippen LogP contribution in [0.2, 0.25) is 0 Å². The summed E-state index contributed by atoms with van der Waals surface area (Å²) < 4.78 is 24.2. The molecule has 1 heterocycles. The van der Waals surface area contributed by atoms with E-state index in [4.69, 9.17) is 0 Å². The summed E-state index contributed by atoms with van der Waals surface area (Å²) in [5.41, 5.74) is 0.639. The van der Waals surface area contributed by atoms with Gasteiger partial charge in [0, 0.05) is 12.6 Å². The molecule has 0 aliphatic carbocycles. The lowest BCUT2D eigenvalue weighted by molar-refractivity contribution is 0.487. The van der Waals surface area contributed by atoms with Gasteiger partial charge in [-0.3, -0.25) is 0 Å². The van der Waals surface area contributed by atoms with E-state index in [1.807, 2.05) is 0 Å². The van der Waals surface area contributed by atoms with Crippen molar-refractivity contribution in [3.05, 3.63) is 29.8 Å². The Balaban J connectivity index is 2.76. The van der Waals surface area contributed by atoms with Crippen LogP contribution in [0.1, 0.15) is 5.56 Å². The van der Waals surface area contributed by atoms with E-state index in [9.17, 15) is 8.42 Å². The molecule has 0 radical (unpaired) electrons. The number of fused-ring (bicyclic) bond motifs is 1. The van der Waals surface area contributed by atoms with Gasteiger partial charge in [-0.25, -0.2) is 0 Å². The molecule has 1 aromatic carbocycles. The molecular formula is C8H8N2O2S. The van der Waals surface area contributed by atoms with E-state index >= 15 is 0 Å². The highest BCUT2D eigenvalue weighted by atomic mass is 32.2. The number of sulfonamides is 1. The van der Waals surface area contributed by atoms with Crippen molar-refractivity contribution in [2.24, 2.45) is 5.10 Å². The molecule has 4 nitrogen and oxygen atoms in total. The second-order valence-corrected chi connectivity index (χ2v) is 4.64. The third-order valence-electron chi connectivity index (χ3n) is 1.90. The lowest BCUT2D eigenvalue weighted by Crippen LogP contribution is -2.26. The minimum atomic E-state index is -3.39. The predicted molar refractivity (Wildman–Crippen MR) is 49.0 cm³/mol. The largest absolute Gasteiger partial charge is 0.279 e. The van der Waals surface area contributed by atoms with Crippen molar-refractivity contribution in [3.63, 3.8) is 0 Å². The van der Waals surface area contributed by atoms with E-state index in [2.05, 4.69) is 5.10 Å². The number of hydrazone groups is 1. The average Bonchev–Trinajstić information content (AvgIpc) is 2.13. The lowest BCUT2D eigenvalue weighted by Gasteiger charge is -2.18. The fraction of sp³-hybridized carbons (Fsp3) is 0.125. The summed E-state index contributed by atoms with van der Waals surface area (Å²) in [6.07, 6.45) is 1.54. The Morgan fingerprint density at radius 2 is 2.00 bits per heavy atom. The highest BCUT2D eigenvalue weighted by Gasteiger charge is 2.24. The van der Waals surface area contributed by atoms with Crippen LogP contribution in [0, 0.1) is 0 Å². The van der Waals surface area contributed by atoms with Crippen molar-refractivity contribution in [1.82, 2.24) is 4.41 Å². The third kappa shape index (κ3) is 1.12. The van der Waals surface area contributed by atoms with E-state index in [1.165, 1.54) is 13.3 Å². The van der Waals surface area contributed by atoms with Crippen molar-refractivity contribution < 1.29 is 8.42 Å². The van der Waals surface area contributed by atoms with E-state index in [-0.39, 0.29) is 0 Å². The van der Waals surface area contributed by atoms with Crippen LogP contribution in [0.25, 0.3) is 0 Å². The molecule has 0 bridgehead atoms. The first-order valence-electron chi connectivity index (χ1n) is 3.74. The number of hydrogen-bond donors (Lipinski definition) is 0. The Morgan fingerprint density at radius 3 is 2.77 bits per heavy atom. The maximum Gasteiger partial charge on any atom is 0.279 e. The molecule has 1 aliphatic heterocycles. The maximum absolute atomic E-state index is 11.6. The summed E-state index contributed by atoms with van der Waals surface area (Å²) in [7, 11) is -1.97. The van der Waals surface area contributed by atoms with Gasteiger partial charge in [0.1, 0.15) is 0 Å². The molecule has 0 aromatic heterocycles. The molecule has 68 valence electrons. The summed E-state index contributed by atoms with van der Waals surface area (Å²) in [4.78, 5) is 0.313. The molecule has 1 aromatic rings. The van der Waals surface area contributed by atoms with E-state index in [1.54, 1.807) is 24.3 Å². The van der Waals surface area contributed by atoms with Crippen molar-refractivity contribution in [1.29, 1.82) is 0 Å². The Kier molecular flexibility index (Phi) is 1.63. The summed E-state index contributed by atoms with van der Waals surface area (Å²) in [6, 6.07) is 6.78. The van der Waals surface area contributed by atoms with Crippen LogP contribution in [-0.2, 0) is 10.0 Å². The zero-order valence-electron chi connectivity index (χ0n) is 7.01. The molecule has 1 aliphatic rings. The van der Waals surface area contributed by atoms with Gasteiger partial charge in [-0.2, -0.15) is 17.9 Å². The van der Waals surface area contributed by atoms with Gasteiger partial charge in [0.25, 0.3) is 10.0 Å². The van der Waals surface area contributed by atoms with Crippen LogP contribution in [0.3, 0.4) is 0 Å². The molecule has 0 amide bonds. The summed E-state index contributed by atoms with van der Waals surface area (Å²) in [5, 5.41) is 3.74. The number of nitrogens with zero attached hydrogens (tertiary/aromatic N) is 2. The Bertz CT molecular complexity index is 465. The second kappa shape index (κ2) is 2.56. The van der Waals surface area contributed by atoms with Crippen LogP contribution in [-0.4, -0.2) is 26.1 Å². The minimum Gasteiger partial charge on any atom is -0.200 e. The number of rotatable bonds is 0. The molecule has 0 saturated carbocycles. The first kappa shape index (κ1) is 8.25. The zero-order chi connectivity index (χ0) is 9.47. The normalized spacial score (nSPS) is 18.4. The van der Waals surface area contributed by atoms with E-state index in [0.717, 1.165) is 4.41 Å². The Labute approximate surface area is 76.5 Å². The smallest absolute Gasteiger partial charge is 0.200 e. The maximum atomic E-state index is 11.6. The van der Waals surface area contributed by atoms with Gasteiger partial charge < -0.3 is 0 Å². The fourth-order valence-corrected chi connectivity index (χ4v) is 2.30. The monoisotopic (exact) mass is 196 g/mol. The topological polar surface area (TPSA) is 49.7 Å². The van der Waals surface area contributed by atoms with E-state index < -0.39 is 10.0 Å². The summed E-state index contributed by atoms with van der Waals surface area (Å²) >= 11 is 0. The first-order chi connectivity index (χ1) is 6.12. The highest BCUT2D eigenvalue weighted by Crippen LogP contribution is 2.21. The summed E-state index contributed by atoms with van der Waals surface area (Å²) in [5.74, 6) is 0.